The molecule has 0 aliphatic heterocycles. The Morgan fingerprint density at radius 3 is 2.73 bits per heavy atom. The maximum absolute atomic E-state index is 11.9. The lowest BCUT2D eigenvalue weighted by Gasteiger charge is -2.09. The van der Waals surface area contributed by atoms with E-state index in [1.807, 2.05) is 26.1 Å². The van der Waals surface area contributed by atoms with Crippen LogP contribution in [0.1, 0.15) is 16.2 Å². The number of methoxy groups -OCH3 is 1. The third kappa shape index (κ3) is 2.23. The van der Waals surface area contributed by atoms with Crippen molar-refractivity contribution in [1.29, 1.82) is 0 Å². The molecule has 0 amide bonds. The Morgan fingerprint density at radius 1 is 1.32 bits per heavy atom. The van der Waals surface area contributed by atoms with Crippen molar-refractivity contribution in [2.24, 2.45) is 7.05 Å². The van der Waals surface area contributed by atoms with E-state index in [4.69, 9.17) is 16.3 Å². The van der Waals surface area contributed by atoms with Crippen molar-refractivity contribution in [3.63, 3.8) is 0 Å². The van der Waals surface area contributed by atoms with Crippen molar-refractivity contribution in [3.05, 3.63) is 46.9 Å². The van der Waals surface area contributed by atoms with E-state index in [-0.39, 0.29) is 5.69 Å². The number of aromatic nitrogens is 3. The number of benzene rings is 1. The molecule has 0 bridgehead atoms. The Kier molecular flexibility index (Phi) is 3.58. The van der Waals surface area contributed by atoms with E-state index < -0.39 is 5.97 Å². The molecular formula is C16H14ClN3O2. The molecule has 0 unspecified atom stereocenters. The second kappa shape index (κ2) is 5.42. The van der Waals surface area contributed by atoms with Gasteiger partial charge in [0.15, 0.2) is 0 Å². The topological polar surface area (TPSA) is 57.0 Å². The van der Waals surface area contributed by atoms with E-state index in [1.54, 1.807) is 23.0 Å². The molecule has 2 aromatic heterocycles. The number of halogens is 1. The first-order chi connectivity index (χ1) is 10.5. The number of nitrogens with zero attached hydrogens (tertiary/aromatic N) is 3. The lowest BCUT2D eigenvalue weighted by Crippen LogP contribution is -2.05. The summed E-state index contributed by atoms with van der Waals surface area (Å²) in [5.74, 6) is -0.496. The first-order valence-corrected chi connectivity index (χ1v) is 7.07. The smallest absolute Gasteiger partial charge is 0.356 e. The Hall–Kier alpha value is -2.40. The number of hydrogen-bond donors (Lipinski definition) is 0. The molecule has 3 rings (SSSR count). The molecule has 0 radical (unpaired) electrons. The first-order valence-electron chi connectivity index (χ1n) is 6.69. The summed E-state index contributed by atoms with van der Waals surface area (Å²) in [5.41, 5.74) is 3.58. The van der Waals surface area contributed by atoms with Crippen molar-refractivity contribution in [3.8, 4) is 11.1 Å². The maximum atomic E-state index is 11.9. The molecule has 6 heteroatoms. The number of hydrogen-bond acceptors (Lipinski definition) is 4. The third-order valence-electron chi connectivity index (χ3n) is 3.71. The molecule has 22 heavy (non-hydrogen) atoms. The van der Waals surface area contributed by atoms with Crippen molar-refractivity contribution in [2.45, 2.75) is 6.92 Å². The van der Waals surface area contributed by atoms with Gasteiger partial charge in [0, 0.05) is 23.7 Å². The summed E-state index contributed by atoms with van der Waals surface area (Å²) in [6, 6.07) is 7.25. The number of fused-ring (bicyclic) bond motifs is 1. The van der Waals surface area contributed by atoms with Crippen LogP contribution in [0, 0.1) is 6.92 Å². The molecule has 0 saturated carbocycles. The zero-order valence-electron chi connectivity index (χ0n) is 12.4. The van der Waals surface area contributed by atoms with Crippen LogP contribution >= 0.6 is 11.6 Å². The summed E-state index contributed by atoms with van der Waals surface area (Å²) in [5, 5.41) is 5.63. The van der Waals surface area contributed by atoms with Crippen LogP contribution in [-0.4, -0.2) is 27.8 Å². The van der Waals surface area contributed by atoms with Gasteiger partial charge in [0.05, 0.1) is 23.8 Å². The van der Waals surface area contributed by atoms with Crippen LogP contribution in [0.4, 0.5) is 0 Å². The van der Waals surface area contributed by atoms with Gasteiger partial charge in [-0.2, -0.15) is 5.10 Å². The maximum Gasteiger partial charge on any atom is 0.356 e. The fourth-order valence-corrected chi connectivity index (χ4v) is 2.63. The minimum atomic E-state index is -0.496. The molecular weight excluding hydrogens is 302 g/mol. The van der Waals surface area contributed by atoms with Gasteiger partial charge in [-0.25, -0.2) is 9.78 Å². The molecule has 0 atom stereocenters. The molecule has 0 fully saturated rings. The van der Waals surface area contributed by atoms with Crippen LogP contribution in [0.25, 0.3) is 22.0 Å². The summed E-state index contributed by atoms with van der Waals surface area (Å²) in [6.45, 7) is 1.97. The fourth-order valence-electron chi connectivity index (χ4n) is 2.41. The highest BCUT2D eigenvalue weighted by molar-refractivity contribution is 6.35. The predicted octanol–water partition coefficient (Wildman–Crippen LogP) is 3.38. The largest absolute Gasteiger partial charge is 0.464 e. The molecule has 0 aliphatic rings. The van der Waals surface area contributed by atoms with Gasteiger partial charge >= 0.3 is 5.97 Å². The average Bonchev–Trinajstić information content (AvgIpc) is 2.86. The van der Waals surface area contributed by atoms with Gasteiger partial charge in [0.25, 0.3) is 0 Å². The third-order valence-corrected chi connectivity index (χ3v) is 4.02. The van der Waals surface area contributed by atoms with E-state index in [0.717, 1.165) is 22.2 Å². The zero-order valence-corrected chi connectivity index (χ0v) is 13.2. The Bertz CT molecular complexity index is 886. The molecule has 5 nitrogen and oxygen atoms in total. The summed E-state index contributed by atoms with van der Waals surface area (Å²) in [7, 11) is 3.20. The SMILES string of the molecule is COC(=O)c1cc(-c2cnn(C)c2C)c2cccc(Cl)c2n1. The number of ether oxygens (including phenoxy) is 1. The van der Waals surface area contributed by atoms with E-state index in [2.05, 4.69) is 10.1 Å². The van der Waals surface area contributed by atoms with Crippen LogP contribution in [0.15, 0.2) is 30.5 Å². The molecule has 0 saturated heterocycles. The van der Waals surface area contributed by atoms with Crippen LogP contribution in [-0.2, 0) is 11.8 Å². The summed E-state index contributed by atoms with van der Waals surface area (Å²) in [6.07, 6.45) is 1.77. The van der Waals surface area contributed by atoms with Crippen LogP contribution in [0.5, 0.6) is 0 Å². The highest BCUT2D eigenvalue weighted by Gasteiger charge is 2.17. The summed E-state index contributed by atoms with van der Waals surface area (Å²) >= 11 is 6.25. The first kappa shape index (κ1) is 14.5. The van der Waals surface area contributed by atoms with E-state index >= 15 is 0 Å². The van der Waals surface area contributed by atoms with Gasteiger partial charge in [0.1, 0.15) is 5.69 Å². The number of aryl methyl sites for hydroxylation is 1. The van der Waals surface area contributed by atoms with Crippen molar-refractivity contribution in [2.75, 3.05) is 7.11 Å². The van der Waals surface area contributed by atoms with E-state index in [0.29, 0.717) is 10.5 Å². The van der Waals surface area contributed by atoms with Gasteiger partial charge in [-0.15, -0.1) is 0 Å². The number of esters is 1. The molecule has 2 heterocycles. The van der Waals surface area contributed by atoms with Crippen LogP contribution in [0.3, 0.4) is 0 Å². The van der Waals surface area contributed by atoms with Crippen molar-refractivity contribution in [1.82, 2.24) is 14.8 Å². The Labute approximate surface area is 132 Å². The monoisotopic (exact) mass is 315 g/mol. The van der Waals surface area contributed by atoms with Gasteiger partial charge in [-0.3, -0.25) is 4.68 Å². The summed E-state index contributed by atoms with van der Waals surface area (Å²) in [4.78, 5) is 16.2. The van der Waals surface area contributed by atoms with Crippen molar-refractivity contribution >= 4 is 28.5 Å². The normalized spacial score (nSPS) is 10.9. The standard InChI is InChI=1S/C16H14ClN3O2/c1-9-12(8-18-20(9)2)11-7-14(16(21)22-3)19-15-10(11)5-4-6-13(15)17/h4-8H,1-3H3. The van der Waals surface area contributed by atoms with Crippen molar-refractivity contribution < 1.29 is 9.53 Å². The summed E-state index contributed by atoms with van der Waals surface area (Å²) < 4.78 is 6.57. The quantitative estimate of drug-likeness (QED) is 0.680. The lowest BCUT2D eigenvalue weighted by molar-refractivity contribution is 0.0594. The zero-order chi connectivity index (χ0) is 15.9. The minimum absolute atomic E-state index is 0.223. The van der Waals surface area contributed by atoms with E-state index in [1.165, 1.54) is 7.11 Å². The van der Waals surface area contributed by atoms with Gasteiger partial charge in [0.2, 0.25) is 0 Å². The number of pyridine rings is 1. The number of para-hydroxylation sites is 1. The highest BCUT2D eigenvalue weighted by Crippen LogP contribution is 2.33. The molecule has 112 valence electrons. The lowest BCUT2D eigenvalue weighted by atomic mass is 10.0. The van der Waals surface area contributed by atoms with Crippen LogP contribution in [0.2, 0.25) is 5.02 Å². The Morgan fingerprint density at radius 2 is 2.09 bits per heavy atom. The van der Waals surface area contributed by atoms with Gasteiger partial charge in [-0.05, 0) is 24.6 Å². The molecule has 0 spiro atoms. The molecule has 0 N–H and O–H groups in total. The van der Waals surface area contributed by atoms with E-state index in [9.17, 15) is 4.79 Å². The number of carbonyl (C=O) groups excluding carboxylic acids is 1. The number of carbonyl (C=O) groups is 1. The second-order valence-corrected chi connectivity index (χ2v) is 5.36. The van der Waals surface area contributed by atoms with Gasteiger partial charge in [-0.1, -0.05) is 23.7 Å². The molecule has 1 aromatic carbocycles. The molecule has 3 aromatic rings. The highest BCUT2D eigenvalue weighted by atomic mass is 35.5. The number of rotatable bonds is 2. The fraction of sp³-hybridized carbons (Fsp3) is 0.188. The minimum Gasteiger partial charge on any atom is -0.464 e. The molecule has 0 aliphatic carbocycles. The second-order valence-electron chi connectivity index (χ2n) is 4.95. The van der Waals surface area contributed by atoms with Crippen LogP contribution < -0.4 is 0 Å². The predicted molar refractivity (Wildman–Crippen MR) is 85.0 cm³/mol. The Balaban J connectivity index is 2.39. The average molecular weight is 316 g/mol. The van der Waals surface area contributed by atoms with Gasteiger partial charge < -0.3 is 4.74 Å².